The van der Waals surface area contributed by atoms with E-state index in [1.807, 2.05) is 40.7 Å². The fraction of sp³-hybridized carbons (Fsp3) is 0.550. The van der Waals surface area contributed by atoms with E-state index >= 15 is 0 Å². The topological polar surface area (TPSA) is 63.5 Å². The van der Waals surface area contributed by atoms with E-state index in [1.165, 1.54) is 11.8 Å². The summed E-state index contributed by atoms with van der Waals surface area (Å²) in [5.74, 6) is 2.79. The predicted molar refractivity (Wildman–Crippen MR) is 111 cm³/mol. The molecule has 2 heterocycles. The van der Waals surface area contributed by atoms with Gasteiger partial charge in [0.2, 0.25) is 5.91 Å². The van der Waals surface area contributed by atoms with Gasteiger partial charge < -0.3 is 9.64 Å². The fourth-order valence-corrected chi connectivity index (χ4v) is 4.28. The molecule has 0 N–H and O–H groups in total. The number of aryl methyl sites for hydroxylation is 1. The predicted octanol–water partition coefficient (Wildman–Crippen LogP) is 2.48. The number of benzene rings is 1. The largest absolute Gasteiger partial charge is 0.497 e. The molecule has 0 atom stereocenters. The number of hydrogen-bond donors (Lipinski definition) is 0. The van der Waals surface area contributed by atoms with Gasteiger partial charge in [-0.15, -0.1) is 10.2 Å². The van der Waals surface area contributed by atoms with Crippen molar-refractivity contribution in [3.05, 3.63) is 30.1 Å². The Morgan fingerprint density at radius 1 is 1.14 bits per heavy atom. The van der Waals surface area contributed by atoms with Crippen molar-refractivity contribution in [1.29, 1.82) is 0 Å². The number of thioether (sulfide) groups is 1. The molecule has 1 saturated heterocycles. The molecular weight excluding hydrogens is 374 g/mol. The minimum Gasteiger partial charge on any atom is -0.497 e. The zero-order valence-electron chi connectivity index (χ0n) is 17.1. The van der Waals surface area contributed by atoms with Gasteiger partial charge in [0.05, 0.1) is 12.9 Å². The number of nitrogens with zero attached hydrogens (tertiary/aromatic N) is 5. The summed E-state index contributed by atoms with van der Waals surface area (Å²) in [5, 5.41) is 9.19. The molecule has 28 heavy (non-hydrogen) atoms. The molecule has 1 aromatic carbocycles. The first-order valence-electron chi connectivity index (χ1n) is 9.67. The maximum absolute atomic E-state index is 12.7. The summed E-state index contributed by atoms with van der Waals surface area (Å²) in [6, 6.07) is 7.75. The molecule has 8 heteroatoms. The fourth-order valence-electron chi connectivity index (χ4n) is 3.38. The van der Waals surface area contributed by atoms with Crippen LogP contribution in [0.3, 0.4) is 0 Å². The first-order valence-corrected chi connectivity index (χ1v) is 10.7. The van der Waals surface area contributed by atoms with Crippen LogP contribution in [-0.4, -0.2) is 76.1 Å². The Hall–Kier alpha value is -2.06. The van der Waals surface area contributed by atoms with Crippen LogP contribution >= 0.6 is 11.8 Å². The number of carbonyl (C=O) groups is 1. The Labute approximate surface area is 171 Å². The standard InChI is InChI=1S/C20H29N5O2S/c1-15(2)13-23-9-11-24(12-10-23)19(26)14-28-20-22-21-16(3)25(20)17-5-7-18(27-4)8-6-17/h5-8,15H,9-14H2,1-4H3. The van der Waals surface area contributed by atoms with E-state index in [-0.39, 0.29) is 5.91 Å². The van der Waals surface area contributed by atoms with Crippen LogP contribution in [0.25, 0.3) is 5.69 Å². The summed E-state index contributed by atoms with van der Waals surface area (Å²) in [6.07, 6.45) is 0. The van der Waals surface area contributed by atoms with Crippen LogP contribution in [0.4, 0.5) is 0 Å². The lowest BCUT2D eigenvalue weighted by atomic mass is 10.2. The van der Waals surface area contributed by atoms with Crippen LogP contribution in [-0.2, 0) is 4.79 Å². The molecule has 1 amide bonds. The van der Waals surface area contributed by atoms with Crippen LogP contribution in [0.5, 0.6) is 5.75 Å². The number of piperazine rings is 1. The van der Waals surface area contributed by atoms with Gasteiger partial charge in [0.25, 0.3) is 0 Å². The van der Waals surface area contributed by atoms with Gasteiger partial charge in [0.15, 0.2) is 5.16 Å². The van der Waals surface area contributed by atoms with Crippen molar-refractivity contribution in [1.82, 2.24) is 24.6 Å². The Bertz CT molecular complexity index is 782. The Kier molecular flexibility index (Phi) is 6.96. The quantitative estimate of drug-likeness (QED) is 0.662. The third-order valence-corrected chi connectivity index (χ3v) is 5.71. The summed E-state index contributed by atoms with van der Waals surface area (Å²) < 4.78 is 7.19. The summed E-state index contributed by atoms with van der Waals surface area (Å²) in [6.45, 7) is 11.0. The lowest BCUT2D eigenvalue weighted by molar-refractivity contribution is -0.130. The van der Waals surface area contributed by atoms with E-state index < -0.39 is 0 Å². The molecule has 152 valence electrons. The highest BCUT2D eigenvalue weighted by atomic mass is 32.2. The van der Waals surface area contributed by atoms with Crippen molar-refractivity contribution in [2.75, 3.05) is 45.6 Å². The van der Waals surface area contributed by atoms with E-state index in [2.05, 4.69) is 28.9 Å². The van der Waals surface area contributed by atoms with Gasteiger partial charge in [-0.3, -0.25) is 14.3 Å². The van der Waals surface area contributed by atoms with Crippen molar-refractivity contribution < 1.29 is 9.53 Å². The second-order valence-corrected chi connectivity index (χ2v) is 8.37. The SMILES string of the molecule is COc1ccc(-n2c(C)nnc2SCC(=O)N2CCN(CC(C)C)CC2)cc1. The van der Waals surface area contributed by atoms with E-state index in [9.17, 15) is 4.79 Å². The van der Waals surface area contributed by atoms with Crippen molar-refractivity contribution in [2.45, 2.75) is 25.9 Å². The second kappa shape index (κ2) is 9.43. The van der Waals surface area contributed by atoms with Crippen molar-refractivity contribution in [2.24, 2.45) is 5.92 Å². The van der Waals surface area contributed by atoms with Gasteiger partial charge in [0, 0.05) is 38.4 Å². The van der Waals surface area contributed by atoms with Crippen LogP contribution in [0, 0.1) is 12.8 Å². The molecule has 0 bridgehead atoms. The van der Waals surface area contributed by atoms with Crippen LogP contribution in [0.1, 0.15) is 19.7 Å². The molecule has 1 aliphatic heterocycles. The molecule has 2 aromatic rings. The average molecular weight is 404 g/mol. The van der Waals surface area contributed by atoms with Gasteiger partial charge in [0.1, 0.15) is 11.6 Å². The Morgan fingerprint density at radius 2 is 1.82 bits per heavy atom. The molecule has 7 nitrogen and oxygen atoms in total. The number of ether oxygens (including phenoxy) is 1. The highest BCUT2D eigenvalue weighted by molar-refractivity contribution is 7.99. The molecule has 3 rings (SSSR count). The van der Waals surface area contributed by atoms with E-state index in [1.54, 1.807) is 7.11 Å². The normalized spacial score (nSPS) is 15.2. The van der Waals surface area contributed by atoms with E-state index in [0.717, 1.165) is 55.1 Å². The average Bonchev–Trinajstić information content (AvgIpc) is 3.06. The number of aromatic nitrogens is 3. The van der Waals surface area contributed by atoms with Crippen LogP contribution in [0.15, 0.2) is 29.4 Å². The van der Waals surface area contributed by atoms with Crippen molar-refractivity contribution in [3.8, 4) is 11.4 Å². The number of rotatable bonds is 7. The molecule has 1 aliphatic rings. The zero-order valence-corrected chi connectivity index (χ0v) is 17.9. The molecule has 1 fully saturated rings. The number of hydrogen-bond acceptors (Lipinski definition) is 6. The third-order valence-electron chi connectivity index (χ3n) is 4.80. The third kappa shape index (κ3) is 5.05. The summed E-state index contributed by atoms with van der Waals surface area (Å²) in [7, 11) is 1.65. The molecule has 0 saturated carbocycles. The van der Waals surface area contributed by atoms with Crippen LogP contribution in [0.2, 0.25) is 0 Å². The zero-order chi connectivity index (χ0) is 20.1. The van der Waals surface area contributed by atoms with Gasteiger partial charge >= 0.3 is 0 Å². The van der Waals surface area contributed by atoms with Gasteiger partial charge in [-0.05, 0) is 37.1 Å². The molecule has 0 radical (unpaired) electrons. The molecule has 0 aliphatic carbocycles. The number of carbonyl (C=O) groups excluding carboxylic acids is 1. The Morgan fingerprint density at radius 3 is 2.43 bits per heavy atom. The summed E-state index contributed by atoms with van der Waals surface area (Å²) in [5.41, 5.74) is 0.959. The monoisotopic (exact) mass is 403 g/mol. The van der Waals surface area contributed by atoms with Crippen LogP contribution < -0.4 is 4.74 Å². The summed E-state index contributed by atoms with van der Waals surface area (Å²) in [4.78, 5) is 17.0. The smallest absolute Gasteiger partial charge is 0.233 e. The van der Waals surface area contributed by atoms with Crippen molar-refractivity contribution >= 4 is 17.7 Å². The molecular formula is C20H29N5O2S. The first kappa shape index (κ1) is 20.7. The van der Waals surface area contributed by atoms with E-state index in [4.69, 9.17) is 4.74 Å². The minimum atomic E-state index is 0.163. The highest BCUT2D eigenvalue weighted by Crippen LogP contribution is 2.24. The molecule has 1 aromatic heterocycles. The van der Waals surface area contributed by atoms with Gasteiger partial charge in [-0.1, -0.05) is 25.6 Å². The first-order chi connectivity index (χ1) is 13.5. The lowest BCUT2D eigenvalue weighted by Gasteiger charge is -2.35. The summed E-state index contributed by atoms with van der Waals surface area (Å²) >= 11 is 1.44. The minimum absolute atomic E-state index is 0.163. The molecule has 0 unspecified atom stereocenters. The highest BCUT2D eigenvalue weighted by Gasteiger charge is 2.22. The Balaban J connectivity index is 1.58. The van der Waals surface area contributed by atoms with E-state index in [0.29, 0.717) is 11.7 Å². The molecule has 0 spiro atoms. The second-order valence-electron chi connectivity index (χ2n) is 7.43. The number of amides is 1. The van der Waals surface area contributed by atoms with Gasteiger partial charge in [-0.25, -0.2) is 0 Å². The maximum Gasteiger partial charge on any atom is 0.233 e. The lowest BCUT2D eigenvalue weighted by Crippen LogP contribution is -2.50. The van der Waals surface area contributed by atoms with Crippen molar-refractivity contribution in [3.63, 3.8) is 0 Å². The van der Waals surface area contributed by atoms with Gasteiger partial charge in [-0.2, -0.15) is 0 Å². The number of methoxy groups -OCH3 is 1. The maximum atomic E-state index is 12.7.